The van der Waals surface area contributed by atoms with E-state index in [1.807, 2.05) is 6.92 Å². The van der Waals surface area contributed by atoms with Crippen LogP contribution in [0.5, 0.6) is 5.75 Å². The van der Waals surface area contributed by atoms with Crippen molar-refractivity contribution in [3.05, 3.63) is 30.1 Å². The molecule has 0 radical (unpaired) electrons. The molecule has 0 aliphatic heterocycles. The van der Waals surface area contributed by atoms with Crippen LogP contribution in [0.4, 0.5) is 4.39 Å². The van der Waals surface area contributed by atoms with Gasteiger partial charge in [-0.05, 0) is 36.7 Å². The summed E-state index contributed by atoms with van der Waals surface area (Å²) in [4.78, 5) is 11.4. The topological polar surface area (TPSA) is 64.3 Å². The first-order chi connectivity index (χ1) is 8.11. The Morgan fingerprint density at radius 1 is 1.44 bits per heavy atom. The zero-order chi connectivity index (χ0) is 12.7. The van der Waals surface area contributed by atoms with E-state index >= 15 is 0 Å². The Balaban J connectivity index is 0.00000289. The molecule has 0 spiro atoms. The molecule has 0 aliphatic carbocycles. The molecule has 1 rings (SSSR count). The molecular weight excluding hydrogens is 259 g/mol. The smallest absolute Gasteiger partial charge is 0.257 e. The van der Waals surface area contributed by atoms with E-state index in [4.69, 9.17) is 10.5 Å². The Bertz CT molecular complexity index is 360. The maximum atomic E-state index is 12.6. The highest BCUT2D eigenvalue weighted by Gasteiger charge is 2.05. The van der Waals surface area contributed by atoms with Crippen molar-refractivity contribution >= 4 is 18.3 Å². The minimum Gasteiger partial charge on any atom is -0.484 e. The van der Waals surface area contributed by atoms with Crippen LogP contribution in [0, 0.1) is 11.7 Å². The van der Waals surface area contributed by atoms with Crippen LogP contribution in [0.2, 0.25) is 0 Å². The van der Waals surface area contributed by atoms with E-state index in [1.54, 1.807) is 0 Å². The third-order valence-corrected chi connectivity index (χ3v) is 2.23. The summed E-state index contributed by atoms with van der Waals surface area (Å²) in [7, 11) is 0. The van der Waals surface area contributed by atoms with Crippen LogP contribution in [0.1, 0.15) is 6.92 Å². The van der Waals surface area contributed by atoms with Crippen LogP contribution in [0.25, 0.3) is 0 Å². The van der Waals surface area contributed by atoms with Crippen molar-refractivity contribution < 1.29 is 13.9 Å². The van der Waals surface area contributed by atoms with Gasteiger partial charge in [0.2, 0.25) is 0 Å². The molecule has 18 heavy (non-hydrogen) atoms. The van der Waals surface area contributed by atoms with Gasteiger partial charge in [0.25, 0.3) is 5.91 Å². The molecule has 0 saturated heterocycles. The molecule has 102 valence electrons. The van der Waals surface area contributed by atoms with Gasteiger partial charge >= 0.3 is 0 Å². The molecule has 3 N–H and O–H groups in total. The molecule has 6 heteroatoms. The van der Waals surface area contributed by atoms with Crippen LogP contribution in [0.15, 0.2) is 24.3 Å². The number of hydrogen-bond donors (Lipinski definition) is 2. The van der Waals surface area contributed by atoms with Crippen molar-refractivity contribution in [2.45, 2.75) is 6.92 Å². The number of nitrogens with two attached hydrogens (primary N) is 1. The van der Waals surface area contributed by atoms with Crippen molar-refractivity contribution in [2.75, 3.05) is 19.7 Å². The molecule has 0 aliphatic rings. The van der Waals surface area contributed by atoms with E-state index in [2.05, 4.69) is 5.32 Å². The number of carbonyl (C=O) groups is 1. The van der Waals surface area contributed by atoms with Gasteiger partial charge < -0.3 is 15.8 Å². The summed E-state index contributed by atoms with van der Waals surface area (Å²) < 4.78 is 17.8. The molecule has 1 aromatic rings. The molecule has 0 saturated carbocycles. The maximum Gasteiger partial charge on any atom is 0.257 e. The number of nitrogens with one attached hydrogen (secondary N) is 1. The van der Waals surface area contributed by atoms with Crippen molar-refractivity contribution in [1.29, 1.82) is 0 Å². The molecule has 0 heterocycles. The summed E-state index contributed by atoms with van der Waals surface area (Å²) in [5, 5.41) is 2.70. The Hall–Kier alpha value is -1.33. The highest BCUT2D eigenvalue weighted by atomic mass is 35.5. The van der Waals surface area contributed by atoms with Crippen LogP contribution in [-0.4, -0.2) is 25.6 Å². The van der Waals surface area contributed by atoms with Crippen molar-refractivity contribution in [1.82, 2.24) is 5.32 Å². The fourth-order valence-electron chi connectivity index (χ4n) is 1.10. The van der Waals surface area contributed by atoms with Gasteiger partial charge in [0.05, 0.1) is 0 Å². The zero-order valence-corrected chi connectivity index (χ0v) is 11.0. The third-order valence-electron chi connectivity index (χ3n) is 2.23. The van der Waals surface area contributed by atoms with E-state index in [1.165, 1.54) is 24.3 Å². The molecule has 0 aromatic heterocycles. The molecular formula is C12H18ClFN2O2. The van der Waals surface area contributed by atoms with Gasteiger partial charge in [-0.1, -0.05) is 6.92 Å². The third kappa shape index (κ3) is 6.42. The van der Waals surface area contributed by atoms with E-state index in [0.29, 0.717) is 18.8 Å². The second-order valence-corrected chi connectivity index (χ2v) is 3.89. The predicted octanol–water partition coefficient (Wildman–Crippen LogP) is 1.34. The Labute approximate surface area is 112 Å². The minimum absolute atomic E-state index is 0. The molecule has 4 nitrogen and oxygen atoms in total. The number of halogens is 2. The normalized spacial score (nSPS) is 11.3. The maximum absolute atomic E-state index is 12.6. The fraction of sp³-hybridized carbons (Fsp3) is 0.417. The number of benzene rings is 1. The van der Waals surface area contributed by atoms with Gasteiger partial charge in [0.1, 0.15) is 11.6 Å². The monoisotopic (exact) mass is 276 g/mol. The number of amides is 1. The lowest BCUT2D eigenvalue weighted by Crippen LogP contribution is -2.34. The highest BCUT2D eigenvalue weighted by molar-refractivity contribution is 5.85. The van der Waals surface area contributed by atoms with Gasteiger partial charge in [0.15, 0.2) is 6.61 Å². The number of carbonyl (C=O) groups excluding carboxylic acids is 1. The average molecular weight is 277 g/mol. The van der Waals surface area contributed by atoms with E-state index in [9.17, 15) is 9.18 Å². The molecule has 1 amide bonds. The van der Waals surface area contributed by atoms with Crippen molar-refractivity contribution in [3.8, 4) is 5.75 Å². The Morgan fingerprint density at radius 2 is 2.06 bits per heavy atom. The Morgan fingerprint density at radius 3 is 2.61 bits per heavy atom. The first kappa shape index (κ1) is 16.7. The molecule has 1 atom stereocenters. The summed E-state index contributed by atoms with van der Waals surface area (Å²) in [6.45, 7) is 2.92. The number of hydrogen-bond acceptors (Lipinski definition) is 3. The standard InChI is InChI=1S/C12H17FN2O2.ClH/c1-9(6-14)7-15-12(16)8-17-11-4-2-10(13)3-5-11;/h2-5,9H,6-8,14H2,1H3,(H,15,16);1H. The van der Waals surface area contributed by atoms with E-state index < -0.39 is 0 Å². The zero-order valence-electron chi connectivity index (χ0n) is 10.2. The summed E-state index contributed by atoms with van der Waals surface area (Å²) in [6.07, 6.45) is 0. The van der Waals surface area contributed by atoms with Gasteiger partial charge in [-0.2, -0.15) is 0 Å². The molecule has 0 bridgehead atoms. The van der Waals surface area contributed by atoms with Crippen molar-refractivity contribution in [2.24, 2.45) is 11.7 Å². The van der Waals surface area contributed by atoms with Gasteiger partial charge in [0, 0.05) is 6.54 Å². The fourth-order valence-corrected chi connectivity index (χ4v) is 1.10. The summed E-state index contributed by atoms with van der Waals surface area (Å²) >= 11 is 0. The molecule has 0 fully saturated rings. The van der Waals surface area contributed by atoms with Crippen LogP contribution >= 0.6 is 12.4 Å². The second-order valence-electron chi connectivity index (χ2n) is 3.89. The molecule has 1 aromatic carbocycles. The largest absolute Gasteiger partial charge is 0.484 e. The summed E-state index contributed by atoms with van der Waals surface area (Å²) in [5.41, 5.74) is 5.42. The lowest BCUT2D eigenvalue weighted by molar-refractivity contribution is -0.123. The minimum atomic E-state index is -0.335. The Kier molecular flexibility index (Phi) is 8.07. The van der Waals surface area contributed by atoms with Gasteiger partial charge in [-0.3, -0.25) is 4.79 Å². The first-order valence-corrected chi connectivity index (χ1v) is 5.47. The van der Waals surface area contributed by atoms with E-state index in [-0.39, 0.29) is 36.7 Å². The van der Waals surface area contributed by atoms with Gasteiger partial charge in [-0.15, -0.1) is 12.4 Å². The first-order valence-electron chi connectivity index (χ1n) is 5.47. The summed E-state index contributed by atoms with van der Waals surface area (Å²) in [5.74, 6) is 0.159. The average Bonchev–Trinajstić information content (AvgIpc) is 2.35. The van der Waals surface area contributed by atoms with Crippen molar-refractivity contribution in [3.63, 3.8) is 0 Å². The quantitative estimate of drug-likeness (QED) is 0.824. The predicted molar refractivity (Wildman–Crippen MR) is 70.4 cm³/mol. The van der Waals surface area contributed by atoms with E-state index in [0.717, 1.165) is 0 Å². The second kappa shape index (κ2) is 8.72. The lowest BCUT2D eigenvalue weighted by atomic mass is 10.2. The highest BCUT2D eigenvalue weighted by Crippen LogP contribution is 2.10. The van der Waals surface area contributed by atoms with Crippen LogP contribution < -0.4 is 15.8 Å². The van der Waals surface area contributed by atoms with Gasteiger partial charge in [-0.25, -0.2) is 4.39 Å². The number of rotatable bonds is 6. The molecule has 1 unspecified atom stereocenters. The van der Waals surface area contributed by atoms with Crippen LogP contribution in [0.3, 0.4) is 0 Å². The summed E-state index contributed by atoms with van der Waals surface area (Å²) in [6, 6.07) is 5.52. The SMILES string of the molecule is CC(CN)CNC(=O)COc1ccc(F)cc1.Cl. The number of ether oxygens (including phenoxy) is 1. The van der Waals surface area contributed by atoms with Crippen LogP contribution in [-0.2, 0) is 4.79 Å². The lowest BCUT2D eigenvalue weighted by Gasteiger charge is -2.10.